The summed E-state index contributed by atoms with van der Waals surface area (Å²) < 4.78 is 0. The fraction of sp³-hybridized carbons (Fsp3) is 0.500. The lowest BCUT2D eigenvalue weighted by Gasteiger charge is -2.41. The van der Waals surface area contributed by atoms with Crippen molar-refractivity contribution in [3.63, 3.8) is 0 Å². The predicted octanol–water partition coefficient (Wildman–Crippen LogP) is -0.644. The number of aromatic nitrogens is 2. The topological polar surface area (TPSA) is 110 Å². The number of amides is 1. The summed E-state index contributed by atoms with van der Waals surface area (Å²) in [6, 6.07) is 1.62. The SMILES string of the molecule is CC1(C)C(=O)NCCN1c1cc(N)nc(N)n1. The third-order valence-corrected chi connectivity index (χ3v) is 2.88. The van der Waals surface area contributed by atoms with Gasteiger partial charge in [0, 0.05) is 19.2 Å². The largest absolute Gasteiger partial charge is 0.383 e. The molecule has 2 heterocycles. The summed E-state index contributed by atoms with van der Waals surface area (Å²) in [5.74, 6) is 0.949. The zero-order valence-electron chi connectivity index (χ0n) is 9.90. The van der Waals surface area contributed by atoms with Gasteiger partial charge < -0.3 is 21.7 Å². The molecule has 1 aromatic rings. The first-order valence-corrected chi connectivity index (χ1v) is 5.37. The van der Waals surface area contributed by atoms with Gasteiger partial charge in [-0.3, -0.25) is 4.79 Å². The molecule has 1 saturated heterocycles. The van der Waals surface area contributed by atoms with Gasteiger partial charge in [-0.2, -0.15) is 9.97 Å². The third-order valence-electron chi connectivity index (χ3n) is 2.88. The number of hydrogen-bond acceptors (Lipinski definition) is 6. The molecule has 0 saturated carbocycles. The molecule has 1 fully saturated rings. The van der Waals surface area contributed by atoms with E-state index in [1.807, 2.05) is 18.7 Å². The number of rotatable bonds is 1. The molecule has 0 unspecified atom stereocenters. The van der Waals surface area contributed by atoms with Crippen LogP contribution < -0.4 is 21.7 Å². The summed E-state index contributed by atoms with van der Waals surface area (Å²) in [6.07, 6.45) is 0. The number of nitrogens with one attached hydrogen (secondary N) is 1. The maximum Gasteiger partial charge on any atom is 0.245 e. The standard InChI is InChI=1S/C10H16N6O/c1-10(2)8(17)13-3-4-16(10)7-5-6(11)14-9(12)15-7/h5H,3-4H2,1-2H3,(H,13,17)(H4,11,12,14,15). The molecule has 0 aromatic carbocycles. The molecule has 0 radical (unpaired) electrons. The van der Waals surface area contributed by atoms with Gasteiger partial charge in [-0.05, 0) is 13.8 Å². The molecule has 7 heteroatoms. The van der Waals surface area contributed by atoms with Gasteiger partial charge in [0.1, 0.15) is 17.2 Å². The fourth-order valence-corrected chi connectivity index (χ4v) is 1.91. The molecule has 0 atom stereocenters. The Morgan fingerprint density at radius 3 is 2.76 bits per heavy atom. The van der Waals surface area contributed by atoms with E-state index in [1.165, 1.54) is 0 Å². The number of nitrogens with two attached hydrogens (primary N) is 2. The number of piperazine rings is 1. The molecule has 1 aliphatic heterocycles. The van der Waals surface area contributed by atoms with Gasteiger partial charge in [-0.25, -0.2) is 0 Å². The first-order chi connectivity index (χ1) is 7.91. The Bertz CT molecular complexity index is 438. The lowest BCUT2D eigenvalue weighted by atomic mass is 9.99. The summed E-state index contributed by atoms with van der Waals surface area (Å²) in [7, 11) is 0. The molecule has 1 aliphatic rings. The summed E-state index contributed by atoms with van der Waals surface area (Å²) in [5.41, 5.74) is 10.5. The van der Waals surface area contributed by atoms with E-state index in [9.17, 15) is 4.79 Å². The average molecular weight is 236 g/mol. The summed E-state index contributed by atoms with van der Waals surface area (Å²) >= 11 is 0. The normalized spacial score (nSPS) is 18.9. The molecular weight excluding hydrogens is 220 g/mol. The van der Waals surface area contributed by atoms with Crippen LogP contribution in [0.2, 0.25) is 0 Å². The molecule has 0 bridgehead atoms. The number of hydrogen-bond donors (Lipinski definition) is 3. The lowest BCUT2D eigenvalue weighted by Crippen LogP contribution is -2.62. The van der Waals surface area contributed by atoms with Crippen molar-refractivity contribution in [3.05, 3.63) is 6.07 Å². The van der Waals surface area contributed by atoms with Crippen LogP contribution in [-0.2, 0) is 4.79 Å². The Morgan fingerprint density at radius 2 is 2.12 bits per heavy atom. The van der Waals surface area contributed by atoms with Crippen LogP contribution in [0.1, 0.15) is 13.8 Å². The molecule has 0 aliphatic carbocycles. The Morgan fingerprint density at radius 1 is 1.41 bits per heavy atom. The van der Waals surface area contributed by atoms with Gasteiger partial charge >= 0.3 is 0 Å². The minimum Gasteiger partial charge on any atom is -0.383 e. The Labute approximate surface area is 99.2 Å². The highest BCUT2D eigenvalue weighted by Gasteiger charge is 2.38. The molecule has 7 nitrogen and oxygen atoms in total. The van der Waals surface area contributed by atoms with Crippen LogP contribution in [0.4, 0.5) is 17.6 Å². The first-order valence-electron chi connectivity index (χ1n) is 5.37. The first kappa shape index (κ1) is 11.4. The van der Waals surface area contributed by atoms with Gasteiger partial charge in [0.2, 0.25) is 11.9 Å². The van der Waals surface area contributed by atoms with E-state index in [-0.39, 0.29) is 11.9 Å². The fourth-order valence-electron chi connectivity index (χ4n) is 1.91. The van der Waals surface area contributed by atoms with Crippen molar-refractivity contribution in [1.82, 2.24) is 15.3 Å². The van der Waals surface area contributed by atoms with Crippen molar-refractivity contribution in [2.24, 2.45) is 0 Å². The van der Waals surface area contributed by atoms with E-state index in [0.29, 0.717) is 24.7 Å². The van der Waals surface area contributed by atoms with Gasteiger partial charge in [-0.1, -0.05) is 0 Å². The van der Waals surface area contributed by atoms with E-state index in [0.717, 1.165) is 0 Å². The van der Waals surface area contributed by atoms with Crippen LogP contribution >= 0.6 is 0 Å². The van der Waals surface area contributed by atoms with Gasteiger partial charge in [-0.15, -0.1) is 0 Å². The summed E-state index contributed by atoms with van der Waals surface area (Å²) in [4.78, 5) is 21.6. The quantitative estimate of drug-likeness (QED) is 0.598. The van der Waals surface area contributed by atoms with E-state index >= 15 is 0 Å². The molecule has 0 spiro atoms. The van der Waals surface area contributed by atoms with Crippen molar-refractivity contribution in [3.8, 4) is 0 Å². The highest BCUT2D eigenvalue weighted by Crippen LogP contribution is 2.25. The Kier molecular flexibility index (Phi) is 2.53. The van der Waals surface area contributed by atoms with E-state index in [2.05, 4.69) is 15.3 Å². The second-order valence-electron chi connectivity index (χ2n) is 4.48. The van der Waals surface area contributed by atoms with E-state index < -0.39 is 5.54 Å². The van der Waals surface area contributed by atoms with Crippen molar-refractivity contribution in [2.75, 3.05) is 29.5 Å². The van der Waals surface area contributed by atoms with Crippen LogP contribution in [-0.4, -0.2) is 34.5 Å². The Hall–Kier alpha value is -2.05. The minimum absolute atomic E-state index is 0.0421. The minimum atomic E-state index is -0.675. The number of carbonyl (C=O) groups is 1. The smallest absolute Gasteiger partial charge is 0.245 e. The number of carbonyl (C=O) groups excluding carboxylic acids is 1. The van der Waals surface area contributed by atoms with Gasteiger partial charge in [0.25, 0.3) is 0 Å². The average Bonchev–Trinajstić information content (AvgIpc) is 2.20. The molecule has 5 N–H and O–H groups in total. The highest BCUT2D eigenvalue weighted by atomic mass is 16.2. The van der Waals surface area contributed by atoms with Crippen molar-refractivity contribution in [1.29, 1.82) is 0 Å². The van der Waals surface area contributed by atoms with Crippen molar-refractivity contribution in [2.45, 2.75) is 19.4 Å². The zero-order chi connectivity index (χ0) is 12.6. The highest BCUT2D eigenvalue weighted by molar-refractivity contribution is 5.90. The predicted molar refractivity (Wildman–Crippen MR) is 65.3 cm³/mol. The molecule has 92 valence electrons. The van der Waals surface area contributed by atoms with Crippen LogP contribution in [0.5, 0.6) is 0 Å². The van der Waals surface area contributed by atoms with Gasteiger partial charge in [0.05, 0.1) is 0 Å². The molecule has 1 amide bonds. The number of nitrogens with zero attached hydrogens (tertiary/aromatic N) is 3. The van der Waals surface area contributed by atoms with Gasteiger partial charge in [0.15, 0.2) is 0 Å². The molecule has 17 heavy (non-hydrogen) atoms. The second kappa shape index (κ2) is 3.76. The van der Waals surface area contributed by atoms with Crippen LogP contribution in [0.3, 0.4) is 0 Å². The zero-order valence-corrected chi connectivity index (χ0v) is 9.90. The molecule has 2 rings (SSSR count). The summed E-state index contributed by atoms with van der Waals surface area (Å²) in [6.45, 7) is 4.90. The molecule has 1 aromatic heterocycles. The van der Waals surface area contributed by atoms with Crippen LogP contribution in [0, 0.1) is 0 Å². The Balaban J connectivity index is 2.41. The second-order valence-corrected chi connectivity index (χ2v) is 4.48. The third kappa shape index (κ3) is 1.95. The van der Waals surface area contributed by atoms with Crippen LogP contribution in [0.15, 0.2) is 6.07 Å². The number of nitrogen functional groups attached to an aromatic ring is 2. The lowest BCUT2D eigenvalue weighted by molar-refractivity contribution is -0.126. The maximum atomic E-state index is 11.8. The van der Waals surface area contributed by atoms with Crippen molar-refractivity contribution >= 4 is 23.5 Å². The summed E-state index contributed by atoms with van der Waals surface area (Å²) in [5, 5.41) is 2.81. The monoisotopic (exact) mass is 236 g/mol. The maximum absolute atomic E-state index is 11.8. The van der Waals surface area contributed by atoms with E-state index in [4.69, 9.17) is 11.5 Å². The van der Waals surface area contributed by atoms with Crippen LogP contribution in [0.25, 0.3) is 0 Å². The van der Waals surface area contributed by atoms with E-state index in [1.54, 1.807) is 6.07 Å². The molecular formula is C10H16N6O. The van der Waals surface area contributed by atoms with Crippen molar-refractivity contribution < 1.29 is 4.79 Å². The number of anilines is 3.